The quantitative estimate of drug-likeness (QED) is 0.760. The number of aliphatic hydroxyl groups is 1. The van der Waals surface area contributed by atoms with Crippen LogP contribution in [0.1, 0.15) is 57.6 Å². The molecule has 142 valence electrons. The van der Waals surface area contributed by atoms with Gasteiger partial charge in [-0.05, 0) is 49.3 Å². The van der Waals surface area contributed by atoms with E-state index in [0.717, 1.165) is 37.0 Å². The lowest BCUT2D eigenvalue weighted by Gasteiger charge is -2.37. The molecular weight excluding hydrogens is 331 g/mol. The average molecular weight is 359 g/mol. The Morgan fingerprint density at radius 2 is 1.92 bits per heavy atom. The Morgan fingerprint density at radius 1 is 1.28 bits per heavy atom. The average Bonchev–Trinajstić information content (AvgIpc) is 2.84. The summed E-state index contributed by atoms with van der Waals surface area (Å²) in [5.41, 5.74) is -0.142. The first-order chi connectivity index (χ1) is 11.7. The number of hydrogen-bond acceptors (Lipinski definition) is 3. The predicted molar refractivity (Wildman–Crippen MR) is 90.7 cm³/mol. The van der Waals surface area contributed by atoms with E-state index in [9.17, 15) is 18.3 Å². The monoisotopic (exact) mass is 359 g/mol. The smallest absolute Gasteiger partial charge is 0.396 e. The molecule has 0 bridgehead atoms. The lowest BCUT2D eigenvalue weighted by Crippen LogP contribution is -2.44. The fourth-order valence-electron chi connectivity index (χ4n) is 3.73. The molecule has 6 heteroatoms. The van der Waals surface area contributed by atoms with E-state index in [-0.39, 0.29) is 18.2 Å². The first-order valence-corrected chi connectivity index (χ1v) is 8.91. The Balaban J connectivity index is 2.21. The summed E-state index contributed by atoms with van der Waals surface area (Å²) in [6.45, 7) is 6.81. The molecule has 0 amide bonds. The Hall–Kier alpha value is -1.11. The Morgan fingerprint density at radius 3 is 2.40 bits per heavy atom. The van der Waals surface area contributed by atoms with E-state index in [4.69, 9.17) is 4.84 Å². The van der Waals surface area contributed by atoms with Gasteiger partial charge in [0.05, 0.1) is 17.2 Å². The predicted octanol–water partition coefficient (Wildman–Crippen LogP) is 4.79. The zero-order chi connectivity index (χ0) is 18.7. The van der Waals surface area contributed by atoms with Crippen molar-refractivity contribution < 1.29 is 23.1 Å². The van der Waals surface area contributed by atoms with Crippen LogP contribution in [-0.4, -0.2) is 28.4 Å². The van der Waals surface area contributed by atoms with Crippen LogP contribution in [0.2, 0.25) is 0 Å². The summed E-state index contributed by atoms with van der Waals surface area (Å²) in [7, 11) is 0. The molecule has 0 radical (unpaired) electrons. The van der Waals surface area contributed by atoms with Crippen molar-refractivity contribution in [2.75, 3.05) is 6.61 Å². The standard InChI is InChI=1S/C19H28F3NO2/c1-4-17-12-18(9-10-24,11-14(2)3)23(25-17)13-15-5-7-16(8-6-15)19(20,21)22/h5-8,14,17,24H,4,9-13H2,1-3H3/t17-,18+/m0/s1. The number of aliphatic hydroxyl groups excluding tert-OH is 1. The van der Waals surface area contributed by atoms with Gasteiger partial charge in [-0.15, -0.1) is 0 Å². The molecule has 25 heavy (non-hydrogen) atoms. The van der Waals surface area contributed by atoms with Gasteiger partial charge in [-0.1, -0.05) is 32.9 Å². The Bertz CT molecular complexity index is 545. The van der Waals surface area contributed by atoms with Crippen molar-refractivity contribution in [2.45, 2.75) is 70.8 Å². The molecule has 1 fully saturated rings. The van der Waals surface area contributed by atoms with Gasteiger partial charge >= 0.3 is 6.18 Å². The lowest BCUT2D eigenvalue weighted by molar-refractivity contribution is -0.201. The van der Waals surface area contributed by atoms with Crippen molar-refractivity contribution in [1.82, 2.24) is 5.06 Å². The molecule has 1 aliphatic heterocycles. The SMILES string of the molecule is CC[C@H]1C[C@@](CCO)(CC(C)C)N(Cc2ccc(C(F)(F)F)cc2)O1. The Kier molecular flexibility index (Phi) is 6.51. The molecule has 3 nitrogen and oxygen atoms in total. The summed E-state index contributed by atoms with van der Waals surface area (Å²) >= 11 is 0. The first-order valence-electron chi connectivity index (χ1n) is 8.91. The minimum Gasteiger partial charge on any atom is -0.396 e. The zero-order valence-corrected chi connectivity index (χ0v) is 15.1. The normalized spacial score (nSPS) is 25.0. The highest BCUT2D eigenvalue weighted by Crippen LogP contribution is 2.41. The van der Waals surface area contributed by atoms with Crippen molar-refractivity contribution in [3.63, 3.8) is 0 Å². The van der Waals surface area contributed by atoms with E-state index in [2.05, 4.69) is 20.8 Å². The molecule has 0 aliphatic carbocycles. The van der Waals surface area contributed by atoms with Gasteiger partial charge in [-0.3, -0.25) is 4.84 Å². The highest BCUT2D eigenvalue weighted by molar-refractivity contribution is 5.24. The Labute approximate surface area is 147 Å². The maximum absolute atomic E-state index is 12.7. The molecule has 2 rings (SSSR count). The second-order valence-corrected chi connectivity index (χ2v) is 7.37. The van der Waals surface area contributed by atoms with Crippen molar-refractivity contribution in [2.24, 2.45) is 5.92 Å². The largest absolute Gasteiger partial charge is 0.416 e. The van der Waals surface area contributed by atoms with Gasteiger partial charge in [0.2, 0.25) is 0 Å². The number of rotatable bonds is 7. The number of nitrogens with zero attached hydrogens (tertiary/aromatic N) is 1. The molecule has 1 aromatic carbocycles. The van der Waals surface area contributed by atoms with Crippen LogP contribution in [0.5, 0.6) is 0 Å². The number of benzene rings is 1. The summed E-state index contributed by atoms with van der Waals surface area (Å²) in [6, 6.07) is 5.23. The van der Waals surface area contributed by atoms with Gasteiger partial charge in [0.15, 0.2) is 0 Å². The third-order valence-corrected chi connectivity index (χ3v) is 4.84. The molecule has 1 N–H and O–H groups in total. The van der Waals surface area contributed by atoms with Crippen LogP contribution in [0.4, 0.5) is 13.2 Å². The van der Waals surface area contributed by atoms with E-state index in [0.29, 0.717) is 18.9 Å². The van der Waals surface area contributed by atoms with E-state index >= 15 is 0 Å². The summed E-state index contributed by atoms with van der Waals surface area (Å²) in [6.07, 6.45) is -1.06. The molecule has 1 aromatic rings. The van der Waals surface area contributed by atoms with Crippen molar-refractivity contribution >= 4 is 0 Å². The molecule has 0 aromatic heterocycles. The molecule has 0 saturated carbocycles. The topological polar surface area (TPSA) is 32.7 Å². The minimum absolute atomic E-state index is 0.0655. The van der Waals surface area contributed by atoms with Gasteiger partial charge in [0.1, 0.15) is 0 Å². The molecule has 1 aliphatic rings. The minimum atomic E-state index is -4.33. The summed E-state index contributed by atoms with van der Waals surface area (Å²) in [5, 5.41) is 11.5. The molecule has 2 atom stereocenters. The molecule has 1 saturated heterocycles. The second-order valence-electron chi connectivity index (χ2n) is 7.37. The third kappa shape index (κ3) is 4.96. The second kappa shape index (κ2) is 8.06. The summed E-state index contributed by atoms with van der Waals surface area (Å²) in [4.78, 5) is 6.08. The van der Waals surface area contributed by atoms with Crippen LogP contribution in [-0.2, 0) is 17.6 Å². The van der Waals surface area contributed by atoms with E-state index in [1.54, 1.807) is 0 Å². The molecule has 0 spiro atoms. The highest BCUT2D eigenvalue weighted by Gasteiger charge is 2.46. The number of alkyl halides is 3. The molecular formula is C19H28F3NO2. The van der Waals surface area contributed by atoms with Gasteiger partial charge in [0, 0.05) is 13.2 Å². The number of halogens is 3. The number of hydroxylamine groups is 2. The number of hydrogen-bond donors (Lipinski definition) is 1. The van der Waals surface area contributed by atoms with Gasteiger partial charge in [-0.2, -0.15) is 18.2 Å². The van der Waals surface area contributed by atoms with E-state index in [1.165, 1.54) is 12.1 Å². The van der Waals surface area contributed by atoms with E-state index < -0.39 is 11.7 Å². The highest BCUT2D eigenvalue weighted by atomic mass is 19.4. The van der Waals surface area contributed by atoms with Gasteiger partial charge in [-0.25, -0.2) is 0 Å². The third-order valence-electron chi connectivity index (χ3n) is 4.84. The van der Waals surface area contributed by atoms with Crippen LogP contribution in [0.25, 0.3) is 0 Å². The summed E-state index contributed by atoms with van der Waals surface area (Å²) in [5.74, 6) is 0.431. The van der Waals surface area contributed by atoms with Gasteiger partial charge in [0.25, 0.3) is 0 Å². The fraction of sp³-hybridized carbons (Fsp3) is 0.684. The maximum Gasteiger partial charge on any atom is 0.416 e. The molecule has 0 unspecified atom stereocenters. The van der Waals surface area contributed by atoms with Crippen molar-refractivity contribution in [3.05, 3.63) is 35.4 Å². The van der Waals surface area contributed by atoms with Gasteiger partial charge < -0.3 is 5.11 Å². The zero-order valence-electron chi connectivity index (χ0n) is 15.1. The van der Waals surface area contributed by atoms with Crippen LogP contribution in [0, 0.1) is 5.92 Å². The maximum atomic E-state index is 12.7. The fourth-order valence-corrected chi connectivity index (χ4v) is 3.73. The first kappa shape index (κ1) is 20.2. The lowest BCUT2D eigenvalue weighted by atomic mass is 9.81. The van der Waals surface area contributed by atoms with Crippen LogP contribution in [0.15, 0.2) is 24.3 Å². The van der Waals surface area contributed by atoms with Crippen LogP contribution < -0.4 is 0 Å². The van der Waals surface area contributed by atoms with Crippen molar-refractivity contribution in [1.29, 1.82) is 0 Å². The summed E-state index contributed by atoms with van der Waals surface area (Å²) < 4.78 is 38.2. The molecule has 1 heterocycles. The van der Waals surface area contributed by atoms with Crippen LogP contribution in [0.3, 0.4) is 0 Å². The van der Waals surface area contributed by atoms with E-state index in [1.807, 2.05) is 5.06 Å². The van der Waals surface area contributed by atoms with Crippen molar-refractivity contribution in [3.8, 4) is 0 Å². The van der Waals surface area contributed by atoms with Crippen LogP contribution >= 0.6 is 0 Å².